The average molecular weight is 337 g/mol. The van der Waals surface area contributed by atoms with Crippen molar-refractivity contribution in [2.45, 2.75) is 32.7 Å². The second-order valence-electron chi connectivity index (χ2n) is 6.24. The van der Waals surface area contributed by atoms with E-state index in [1.165, 1.54) is 0 Å². The number of benzene rings is 1. The van der Waals surface area contributed by atoms with Crippen LogP contribution in [0.3, 0.4) is 0 Å². The third kappa shape index (κ3) is 2.79. The highest BCUT2D eigenvalue weighted by Crippen LogP contribution is 2.32. The van der Waals surface area contributed by atoms with E-state index in [1.54, 1.807) is 9.58 Å². The maximum Gasteiger partial charge on any atom is 0.223 e. The monoisotopic (exact) mass is 337 g/mol. The van der Waals surface area contributed by atoms with Gasteiger partial charge in [-0.2, -0.15) is 5.10 Å². The Kier molecular flexibility index (Phi) is 4.11. The molecule has 1 amide bonds. The molecule has 0 radical (unpaired) electrons. The van der Waals surface area contributed by atoms with E-state index >= 15 is 0 Å². The maximum atomic E-state index is 14.0. The van der Waals surface area contributed by atoms with Gasteiger partial charge in [-0.3, -0.25) is 9.48 Å². The highest BCUT2D eigenvalue weighted by Gasteiger charge is 2.34. The van der Waals surface area contributed by atoms with Gasteiger partial charge in [-0.1, -0.05) is 0 Å². The molecule has 2 heterocycles. The first-order valence-corrected chi connectivity index (χ1v) is 7.69. The highest BCUT2D eigenvalue weighted by molar-refractivity contribution is 5.79. The number of halogens is 3. The summed E-state index contributed by atoms with van der Waals surface area (Å²) in [7, 11) is 1.82. The van der Waals surface area contributed by atoms with Crippen molar-refractivity contribution in [3.8, 4) is 0 Å². The van der Waals surface area contributed by atoms with Crippen molar-refractivity contribution < 1.29 is 18.0 Å². The molecule has 0 N–H and O–H groups in total. The van der Waals surface area contributed by atoms with E-state index in [-0.39, 0.29) is 24.4 Å². The molecule has 0 saturated carbocycles. The number of hydrogen-bond acceptors (Lipinski definition) is 2. The summed E-state index contributed by atoms with van der Waals surface area (Å²) in [5, 5.41) is 4.31. The first-order valence-electron chi connectivity index (χ1n) is 7.69. The standard InChI is InChI=1S/C17H18F3N3O/c1-9-14(10(2)22(3)21-9)8-23-7-11(4-16(23)24)13-5-12(18)6-15(19)17(13)20/h5-6,11H,4,7-8H2,1-3H3. The van der Waals surface area contributed by atoms with Gasteiger partial charge in [0.25, 0.3) is 0 Å². The van der Waals surface area contributed by atoms with Gasteiger partial charge in [-0.25, -0.2) is 13.2 Å². The van der Waals surface area contributed by atoms with Crippen molar-refractivity contribution in [1.82, 2.24) is 14.7 Å². The van der Waals surface area contributed by atoms with Crippen LogP contribution < -0.4 is 0 Å². The largest absolute Gasteiger partial charge is 0.338 e. The maximum absolute atomic E-state index is 14.0. The van der Waals surface area contributed by atoms with Crippen LogP contribution in [0.1, 0.15) is 34.9 Å². The van der Waals surface area contributed by atoms with E-state index in [0.717, 1.165) is 23.0 Å². The van der Waals surface area contributed by atoms with Crippen LogP contribution in [0.4, 0.5) is 13.2 Å². The van der Waals surface area contributed by atoms with E-state index < -0.39 is 23.4 Å². The molecule has 1 aromatic heterocycles. The molecule has 1 atom stereocenters. The fraction of sp³-hybridized carbons (Fsp3) is 0.412. The van der Waals surface area contributed by atoms with Gasteiger partial charge >= 0.3 is 0 Å². The zero-order valence-corrected chi connectivity index (χ0v) is 13.7. The minimum Gasteiger partial charge on any atom is -0.338 e. The third-order valence-corrected chi connectivity index (χ3v) is 4.68. The molecular weight excluding hydrogens is 319 g/mol. The Morgan fingerprint density at radius 1 is 1.25 bits per heavy atom. The van der Waals surface area contributed by atoms with E-state index in [4.69, 9.17) is 0 Å². The molecule has 128 valence electrons. The number of aryl methyl sites for hydroxylation is 2. The molecule has 1 aliphatic rings. The molecule has 1 saturated heterocycles. The molecule has 1 aromatic carbocycles. The summed E-state index contributed by atoms with van der Waals surface area (Å²) < 4.78 is 42.5. The molecule has 0 aliphatic carbocycles. The third-order valence-electron chi connectivity index (χ3n) is 4.68. The van der Waals surface area contributed by atoms with Gasteiger partial charge in [-0.15, -0.1) is 0 Å². The summed E-state index contributed by atoms with van der Waals surface area (Å²) in [4.78, 5) is 13.8. The predicted octanol–water partition coefficient (Wildman–Crippen LogP) is 2.97. The number of amides is 1. The number of nitrogens with zero attached hydrogens (tertiary/aromatic N) is 3. The lowest BCUT2D eigenvalue weighted by molar-refractivity contribution is -0.128. The van der Waals surface area contributed by atoms with Crippen LogP contribution in [-0.2, 0) is 18.4 Å². The predicted molar refractivity (Wildman–Crippen MR) is 81.8 cm³/mol. The first-order chi connectivity index (χ1) is 11.3. The minimum atomic E-state index is -1.23. The molecule has 3 rings (SSSR count). The molecule has 1 aliphatic heterocycles. The summed E-state index contributed by atoms with van der Waals surface area (Å²) in [6.45, 7) is 4.36. The summed E-state index contributed by atoms with van der Waals surface area (Å²) in [6.07, 6.45) is 0.0399. The lowest BCUT2D eigenvalue weighted by atomic mass is 9.97. The second kappa shape index (κ2) is 5.96. The number of carbonyl (C=O) groups is 1. The van der Waals surface area contributed by atoms with Gasteiger partial charge < -0.3 is 4.90 Å². The van der Waals surface area contributed by atoms with E-state index in [2.05, 4.69) is 5.10 Å². The van der Waals surface area contributed by atoms with Gasteiger partial charge in [-0.05, 0) is 25.5 Å². The molecule has 0 spiro atoms. The van der Waals surface area contributed by atoms with Crippen LogP contribution in [0.25, 0.3) is 0 Å². The zero-order chi connectivity index (χ0) is 17.6. The fourth-order valence-electron chi connectivity index (χ4n) is 3.24. The Bertz CT molecular complexity index is 816. The topological polar surface area (TPSA) is 38.1 Å². The van der Waals surface area contributed by atoms with E-state index in [9.17, 15) is 18.0 Å². The Hall–Kier alpha value is -2.31. The molecule has 7 heteroatoms. The summed E-state index contributed by atoms with van der Waals surface area (Å²) in [5.41, 5.74) is 2.64. The lowest BCUT2D eigenvalue weighted by Crippen LogP contribution is -2.25. The quantitative estimate of drug-likeness (QED) is 0.808. The van der Waals surface area contributed by atoms with Gasteiger partial charge in [0.05, 0.1) is 5.69 Å². The van der Waals surface area contributed by atoms with E-state index in [0.29, 0.717) is 12.6 Å². The SMILES string of the molecule is Cc1nn(C)c(C)c1CN1CC(c2cc(F)cc(F)c2F)CC1=O. The summed E-state index contributed by atoms with van der Waals surface area (Å²) in [6, 6.07) is 1.48. The number of aromatic nitrogens is 2. The van der Waals surface area contributed by atoms with Crippen molar-refractivity contribution in [3.05, 3.63) is 52.1 Å². The summed E-state index contributed by atoms with van der Waals surface area (Å²) >= 11 is 0. The van der Waals surface area contributed by atoms with Crippen LogP contribution in [0, 0.1) is 31.3 Å². The molecule has 2 aromatic rings. The Morgan fingerprint density at radius 2 is 1.96 bits per heavy atom. The number of hydrogen-bond donors (Lipinski definition) is 0. The highest BCUT2D eigenvalue weighted by atomic mass is 19.2. The minimum absolute atomic E-state index is 0.0399. The fourth-order valence-corrected chi connectivity index (χ4v) is 3.24. The molecule has 4 nitrogen and oxygen atoms in total. The average Bonchev–Trinajstić information content (AvgIpc) is 2.98. The van der Waals surface area contributed by atoms with Crippen molar-refractivity contribution in [2.24, 2.45) is 7.05 Å². The number of likely N-dealkylation sites (tertiary alicyclic amines) is 1. The lowest BCUT2D eigenvalue weighted by Gasteiger charge is -2.17. The van der Waals surface area contributed by atoms with Gasteiger partial charge in [0, 0.05) is 49.8 Å². The normalized spacial score (nSPS) is 17.8. The van der Waals surface area contributed by atoms with Gasteiger partial charge in [0.2, 0.25) is 5.91 Å². The molecule has 0 bridgehead atoms. The summed E-state index contributed by atoms with van der Waals surface area (Å²) in [5.74, 6) is -3.86. The van der Waals surface area contributed by atoms with E-state index in [1.807, 2.05) is 20.9 Å². The molecule has 1 fully saturated rings. The Labute approximate surface area is 137 Å². The van der Waals surface area contributed by atoms with Crippen LogP contribution in [0.2, 0.25) is 0 Å². The smallest absolute Gasteiger partial charge is 0.223 e. The van der Waals surface area contributed by atoms with Crippen LogP contribution in [0.15, 0.2) is 12.1 Å². The molecule has 24 heavy (non-hydrogen) atoms. The molecular formula is C17H18F3N3O. The molecule has 1 unspecified atom stereocenters. The first kappa shape index (κ1) is 16.5. The van der Waals surface area contributed by atoms with Crippen molar-refractivity contribution in [1.29, 1.82) is 0 Å². The number of carbonyl (C=O) groups excluding carboxylic acids is 1. The van der Waals surface area contributed by atoms with Crippen LogP contribution in [-0.4, -0.2) is 27.1 Å². The second-order valence-corrected chi connectivity index (χ2v) is 6.24. The van der Waals surface area contributed by atoms with Gasteiger partial charge in [0.1, 0.15) is 5.82 Å². The van der Waals surface area contributed by atoms with Crippen molar-refractivity contribution >= 4 is 5.91 Å². The van der Waals surface area contributed by atoms with Crippen LogP contribution >= 0.6 is 0 Å². The van der Waals surface area contributed by atoms with Gasteiger partial charge in [0.15, 0.2) is 11.6 Å². The van der Waals surface area contributed by atoms with Crippen molar-refractivity contribution in [2.75, 3.05) is 6.54 Å². The van der Waals surface area contributed by atoms with Crippen molar-refractivity contribution in [3.63, 3.8) is 0 Å². The Balaban J connectivity index is 1.84. The zero-order valence-electron chi connectivity index (χ0n) is 13.7. The number of rotatable bonds is 3. The van der Waals surface area contributed by atoms with Crippen LogP contribution in [0.5, 0.6) is 0 Å². The Morgan fingerprint density at radius 3 is 2.58 bits per heavy atom.